The third-order valence-corrected chi connectivity index (χ3v) is 10.8. The van der Waals surface area contributed by atoms with Crippen molar-refractivity contribution in [2.45, 2.75) is 71.6 Å². The second-order valence-electron chi connectivity index (χ2n) is 13.1. The normalized spacial score (nSPS) is 11.9. The van der Waals surface area contributed by atoms with Crippen LogP contribution >= 0.6 is 11.3 Å². The van der Waals surface area contributed by atoms with Crippen LogP contribution in [0.25, 0.3) is 59.6 Å². The van der Waals surface area contributed by atoms with Gasteiger partial charge in [0.05, 0.1) is 0 Å². The summed E-state index contributed by atoms with van der Waals surface area (Å²) in [6.07, 6.45) is 9.57. The van der Waals surface area contributed by atoms with Crippen LogP contribution in [0.4, 0.5) is 5.69 Å². The van der Waals surface area contributed by atoms with Crippen molar-refractivity contribution in [3.63, 3.8) is 0 Å². The number of carbonyl (C=O) groups is 2. The third kappa shape index (κ3) is 7.32. The van der Waals surface area contributed by atoms with Crippen LogP contribution < -0.4 is 10.2 Å². The third-order valence-electron chi connectivity index (χ3n) is 9.69. The van der Waals surface area contributed by atoms with Crippen molar-refractivity contribution in [3.8, 4) is 16.5 Å². The smallest absolute Gasteiger partial charge is 0.303 e. The molecule has 0 fully saturated rings. The number of aliphatic carboxylic acids is 1. The van der Waals surface area contributed by atoms with Crippen molar-refractivity contribution >= 4 is 78.1 Å². The standard InChI is InChI=1S/C43H45N3O3S/c1-3-5-25-46(26-6-4-2)38-22-21-36-33-14-11-13-32-31(19-20-35(41(32)33)34-15-12-16-37(38)42(34)36)39-23-18-30(50-39)27-29(28-44)43(49)45-24-10-8-7-9-17-40(47)48/h11-16,18-23,27H,3-10,17,24-26H2,1-2H3,(H,45,49)(H,47,48)/b29-27+. The summed E-state index contributed by atoms with van der Waals surface area (Å²) < 4.78 is 0. The largest absolute Gasteiger partial charge is 0.481 e. The van der Waals surface area contributed by atoms with Crippen LogP contribution in [0.2, 0.25) is 0 Å². The van der Waals surface area contributed by atoms with Crippen molar-refractivity contribution in [3.05, 3.63) is 83.2 Å². The highest BCUT2D eigenvalue weighted by Crippen LogP contribution is 2.45. The number of nitriles is 1. The Morgan fingerprint density at radius 2 is 1.38 bits per heavy atom. The first-order valence-electron chi connectivity index (χ1n) is 18.0. The molecule has 0 aliphatic carbocycles. The van der Waals surface area contributed by atoms with Gasteiger partial charge in [-0.25, -0.2) is 0 Å². The zero-order valence-electron chi connectivity index (χ0n) is 29.1. The molecule has 0 bridgehead atoms. The molecule has 1 heterocycles. The number of nitrogens with zero attached hydrogens (tertiary/aromatic N) is 2. The zero-order valence-corrected chi connectivity index (χ0v) is 29.9. The number of rotatable bonds is 17. The number of thiophene rings is 1. The number of hydrogen-bond acceptors (Lipinski definition) is 5. The monoisotopic (exact) mass is 683 g/mol. The van der Waals surface area contributed by atoms with Gasteiger partial charge in [-0.3, -0.25) is 9.59 Å². The van der Waals surface area contributed by atoms with E-state index in [1.807, 2.05) is 6.07 Å². The topological polar surface area (TPSA) is 93.4 Å². The molecule has 0 saturated heterocycles. The maximum absolute atomic E-state index is 12.8. The highest BCUT2D eigenvalue weighted by atomic mass is 32.1. The maximum atomic E-state index is 12.8. The van der Waals surface area contributed by atoms with Crippen LogP contribution in [0.1, 0.15) is 76.5 Å². The second-order valence-corrected chi connectivity index (χ2v) is 14.2. The van der Waals surface area contributed by atoms with Crippen molar-refractivity contribution in [1.29, 1.82) is 5.26 Å². The minimum absolute atomic E-state index is 0.0770. The van der Waals surface area contributed by atoms with E-state index in [1.54, 1.807) is 17.4 Å². The Kier molecular flexibility index (Phi) is 11.3. The van der Waals surface area contributed by atoms with Gasteiger partial charge in [0.2, 0.25) is 0 Å². The van der Waals surface area contributed by atoms with Gasteiger partial charge in [0.25, 0.3) is 5.91 Å². The first kappa shape index (κ1) is 34.9. The number of fused-ring (bicyclic) bond motifs is 2. The maximum Gasteiger partial charge on any atom is 0.303 e. The predicted molar refractivity (Wildman–Crippen MR) is 210 cm³/mol. The highest BCUT2D eigenvalue weighted by molar-refractivity contribution is 7.16. The Hall–Kier alpha value is -4.93. The van der Waals surface area contributed by atoms with E-state index in [0.29, 0.717) is 13.0 Å². The Morgan fingerprint density at radius 3 is 2.06 bits per heavy atom. The van der Waals surface area contributed by atoms with Crippen LogP contribution in [0, 0.1) is 11.3 Å². The van der Waals surface area contributed by atoms with E-state index in [4.69, 9.17) is 5.11 Å². The number of unbranched alkanes of at least 4 members (excludes halogenated alkanes) is 5. The molecular weight excluding hydrogens is 639 g/mol. The Bertz CT molecular complexity index is 2180. The summed E-state index contributed by atoms with van der Waals surface area (Å²) in [6.45, 7) is 7.12. The molecule has 1 amide bonds. The number of benzene rings is 5. The average Bonchev–Trinajstić information content (AvgIpc) is 3.60. The lowest BCUT2D eigenvalue weighted by atomic mass is 9.87. The molecule has 0 spiro atoms. The molecule has 0 aliphatic rings. The van der Waals surface area contributed by atoms with Gasteiger partial charge in [0, 0.05) is 46.9 Å². The van der Waals surface area contributed by atoms with E-state index >= 15 is 0 Å². The second kappa shape index (κ2) is 16.2. The molecule has 0 aliphatic heterocycles. The summed E-state index contributed by atoms with van der Waals surface area (Å²) in [4.78, 5) is 28.0. The molecule has 50 heavy (non-hydrogen) atoms. The number of carbonyl (C=O) groups excluding carboxylic acids is 1. The van der Waals surface area contributed by atoms with E-state index in [9.17, 15) is 14.9 Å². The van der Waals surface area contributed by atoms with Gasteiger partial charge in [-0.15, -0.1) is 11.3 Å². The van der Waals surface area contributed by atoms with Gasteiger partial charge < -0.3 is 15.3 Å². The Morgan fingerprint density at radius 1 is 0.760 bits per heavy atom. The van der Waals surface area contributed by atoms with E-state index < -0.39 is 5.97 Å². The molecule has 6 nitrogen and oxygen atoms in total. The molecule has 0 radical (unpaired) electrons. The Balaban J connectivity index is 1.31. The molecule has 0 unspecified atom stereocenters. The summed E-state index contributed by atoms with van der Waals surface area (Å²) >= 11 is 1.58. The summed E-state index contributed by atoms with van der Waals surface area (Å²) in [6, 6.07) is 28.7. The van der Waals surface area contributed by atoms with Crippen molar-refractivity contribution in [1.82, 2.24) is 5.32 Å². The molecule has 0 atom stereocenters. The molecule has 2 N–H and O–H groups in total. The number of hydrogen-bond donors (Lipinski definition) is 2. The number of nitrogens with one attached hydrogen (secondary N) is 1. The molecule has 1 aromatic heterocycles. The van der Waals surface area contributed by atoms with Gasteiger partial charge in [0.1, 0.15) is 11.6 Å². The first-order valence-corrected chi connectivity index (χ1v) is 18.9. The van der Waals surface area contributed by atoms with E-state index in [1.165, 1.54) is 74.5 Å². The predicted octanol–water partition coefficient (Wildman–Crippen LogP) is 10.9. The number of carboxylic acids is 1. The fraction of sp³-hybridized carbons (Fsp3) is 0.326. The molecule has 6 rings (SSSR count). The summed E-state index contributed by atoms with van der Waals surface area (Å²) in [7, 11) is 0. The molecule has 0 saturated carbocycles. The van der Waals surface area contributed by atoms with Gasteiger partial charge in [0.15, 0.2) is 0 Å². The number of amides is 1. The van der Waals surface area contributed by atoms with Gasteiger partial charge in [-0.05, 0) is 93.2 Å². The zero-order chi connectivity index (χ0) is 35.0. The fourth-order valence-electron chi connectivity index (χ4n) is 7.16. The van der Waals surface area contributed by atoms with Crippen LogP contribution in [-0.4, -0.2) is 36.6 Å². The number of anilines is 1. The van der Waals surface area contributed by atoms with Gasteiger partial charge >= 0.3 is 5.97 Å². The van der Waals surface area contributed by atoms with E-state index in [-0.39, 0.29) is 17.9 Å². The van der Waals surface area contributed by atoms with Gasteiger partial charge in [-0.1, -0.05) is 94.1 Å². The molecule has 7 heteroatoms. The molecule has 5 aromatic carbocycles. The minimum atomic E-state index is -0.785. The van der Waals surface area contributed by atoms with E-state index in [0.717, 1.165) is 47.7 Å². The summed E-state index contributed by atoms with van der Waals surface area (Å²) in [5.74, 6) is -1.17. The quantitative estimate of drug-likeness (QED) is 0.0328. The lowest BCUT2D eigenvalue weighted by molar-refractivity contribution is -0.137. The Labute approximate surface area is 298 Å². The average molecular weight is 684 g/mol. The highest BCUT2D eigenvalue weighted by Gasteiger charge is 2.19. The molecular formula is C43H45N3O3S. The van der Waals surface area contributed by atoms with Crippen molar-refractivity contribution in [2.24, 2.45) is 0 Å². The SMILES string of the molecule is CCCCN(CCCC)c1ccc2c3cccc4c(-c5ccc(/C=C(\C#N)C(=O)NCCCCCCC(=O)O)s5)ccc(c5cccc1c52)c43. The van der Waals surface area contributed by atoms with Crippen LogP contribution in [0.3, 0.4) is 0 Å². The first-order chi connectivity index (χ1) is 24.4. The summed E-state index contributed by atoms with van der Waals surface area (Å²) in [5, 5.41) is 31.6. The fourth-order valence-corrected chi connectivity index (χ4v) is 8.15. The lowest BCUT2D eigenvalue weighted by Gasteiger charge is -2.27. The van der Waals surface area contributed by atoms with Crippen molar-refractivity contribution in [2.75, 3.05) is 24.5 Å². The lowest BCUT2D eigenvalue weighted by Crippen LogP contribution is -2.25. The summed E-state index contributed by atoms with van der Waals surface area (Å²) in [5.41, 5.74) is 2.55. The van der Waals surface area contributed by atoms with Crippen LogP contribution in [0.5, 0.6) is 0 Å². The molecule has 256 valence electrons. The van der Waals surface area contributed by atoms with Crippen LogP contribution in [-0.2, 0) is 9.59 Å². The molecule has 6 aromatic rings. The van der Waals surface area contributed by atoms with Crippen LogP contribution in [0.15, 0.2) is 78.4 Å². The number of carboxylic acid groups (broad SMARTS) is 1. The van der Waals surface area contributed by atoms with Gasteiger partial charge in [-0.2, -0.15) is 5.26 Å². The van der Waals surface area contributed by atoms with E-state index in [2.05, 4.69) is 96.9 Å². The van der Waals surface area contributed by atoms with Crippen molar-refractivity contribution < 1.29 is 14.7 Å². The minimum Gasteiger partial charge on any atom is -0.481 e.